The normalized spacial score (nSPS) is 8.14. The van der Waals surface area contributed by atoms with Gasteiger partial charge >= 0.3 is 0 Å². The summed E-state index contributed by atoms with van der Waals surface area (Å²) in [7, 11) is 0. The maximum Gasteiger partial charge on any atom is 0.0340 e. The van der Waals surface area contributed by atoms with Crippen molar-refractivity contribution in [2.45, 2.75) is 26.7 Å². The van der Waals surface area contributed by atoms with Gasteiger partial charge in [0.1, 0.15) is 0 Å². The third-order valence-corrected chi connectivity index (χ3v) is 1.93. The van der Waals surface area contributed by atoms with Crippen LogP contribution in [0.25, 0.3) is 0 Å². The molecule has 0 saturated heterocycles. The maximum atomic E-state index is 3.06. The van der Waals surface area contributed by atoms with E-state index in [1.807, 2.05) is 13.8 Å². The van der Waals surface area contributed by atoms with Crippen molar-refractivity contribution < 1.29 is 0 Å². The first-order valence-corrected chi connectivity index (χ1v) is 4.74. The zero-order valence-electron chi connectivity index (χ0n) is 8.72. The Balaban J connectivity index is 2.74. The number of rotatable bonds is 2. The summed E-state index contributed by atoms with van der Waals surface area (Å²) < 4.78 is 0. The van der Waals surface area contributed by atoms with Crippen LogP contribution in [-0.2, 0) is 12.8 Å². The van der Waals surface area contributed by atoms with Gasteiger partial charge in [0, 0.05) is 12.8 Å². The van der Waals surface area contributed by atoms with Gasteiger partial charge in [-0.3, -0.25) is 0 Å². The summed E-state index contributed by atoms with van der Waals surface area (Å²) in [5, 5.41) is 0. The molecule has 0 heterocycles. The molecule has 1 aromatic carbocycles. The Labute approximate surface area is 86.3 Å². The maximum absolute atomic E-state index is 3.06. The lowest BCUT2D eigenvalue weighted by molar-refractivity contribution is 1.24. The molecule has 0 saturated carbocycles. The van der Waals surface area contributed by atoms with Crippen molar-refractivity contribution in [1.29, 1.82) is 0 Å². The second kappa shape index (κ2) is 5.90. The standard InChI is InChI=1S/C14H14/c1-3-5-8-13-10-7-11-14(12-13)9-6-4-2/h7,10-12H,8-9H2,1-2H3. The lowest BCUT2D eigenvalue weighted by Gasteiger charge is -1.98. The van der Waals surface area contributed by atoms with Gasteiger partial charge in [0.25, 0.3) is 0 Å². The van der Waals surface area contributed by atoms with Crippen molar-refractivity contribution in [3.05, 3.63) is 35.4 Å². The van der Waals surface area contributed by atoms with Crippen LogP contribution in [0.5, 0.6) is 0 Å². The molecular formula is C14H14. The fourth-order valence-corrected chi connectivity index (χ4v) is 1.23. The van der Waals surface area contributed by atoms with Crippen molar-refractivity contribution in [2.24, 2.45) is 0 Å². The van der Waals surface area contributed by atoms with Crippen molar-refractivity contribution in [1.82, 2.24) is 0 Å². The summed E-state index contributed by atoms with van der Waals surface area (Å²) in [5.74, 6) is 11.9. The van der Waals surface area contributed by atoms with Crippen molar-refractivity contribution >= 4 is 0 Å². The molecule has 70 valence electrons. The summed E-state index contributed by atoms with van der Waals surface area (Å²) in [6, 6.07) is 8.45. The minimum Gasteiger partial charge on any atom is -0.106 e. The molecule has 0 aliphatic heterocycles. The van der Waals surface area contributed by atoms with E-state index >= 15 is 0 Å². The van der Waals surface area contributed by atoms with Gasteiger partial charge in [-0.25, -0.2) is 0 Å². The van der Waals surface area contributed by atoms with E-state index < -0.39 is 0 Å². The van der Waals surface area contributed by atoms with E-state index in [1.54, 1.807) is 0 Å². The molecule has 0 amide bonds. The highest BCUT2D eigenvalue weighted by Crippen LogP contribution is 2.06. The average molecular weight is 182 g/mol. The van der Waals surface area contributed by atoms with Gasteiger partial charge in [-0.15, -0.1) is 11.8 Å². The summed E-state index contributed by atoms with van der Waals surface area (Å²) in [4.78, 5) is 0. The first-order chi connectivity index (χ1) is 6.86. The molecule has 0 N–H and O–H groups in total. The Morgan fingerprint density at radius 1 is 0.929 bits per heavy atom. The SMILES string of the molecule is CC#CCc1cccc(CC#CC)c1. The first kappa shape index (κ1) is 10.4. The Hall–Kier alpha value is -1.66. The lowest BCUT2D eigenvalue weighted by Crippen LogP contribution is -1.86. The minimum absolute atomic E-state index is 0.837. The smallest absolute Gasteiger partial charge is 0.0340 e. The lowest BCUT2D eigenvalue weighted by atomic mass is 10.1. The summed E-state index contributed by atoms with van der Waals surface area (Å²) in [6.45, 7) is 3.73. The molecule has 0 aromatic heterocycles. The van der Waals surface area contributed by atoms with Crippen LogP contribution in [-0.4, -0.2) is 0 Å². The zero-order chi connectivity index (χ0) is 10.2. The minimum atomic E-state index is 0.837. The fraction of sp³-hybridized carbons (Fsp3) is 0.286. The van der Waals surface area contributed by atoms with Gasteiger partial charge in [0.05, 0.1) is 0 Å². The van der Waals surface area contributed by atoms with Gasteiger partial charge in [0.2, 0.25) is 0 Å². The van der Waals surface area contributed by atoms with Gasteiger partial charge in [0.15, 0.2) is 0 Å². The van der Waals surface area contributed by atoms with Crippen molar-refractivity contribution in [3.8, 4) is 23.7 Å². The molecule has 1 rings (SSSR count). The summed E-state index contributed by atoms with van der Waals surface area (Å²) >= 11 is 0. The van der Waals surface area contributed by atoms with Crippen LogP contribution < -0.4 is 0 Å². The van der Waals surface area contributed by atoms with Gasteiger partial charge < -0.3 is 0 Å². The van der Waals surface area contributed by atoms with E-state index in [4.69, 9.17) is 0 Å². The topological polar surface area (TPSA) is 0 Å². The predicted octanol–water partition coefficient (Wildman–Crippen LogP) is 2.82. The van der Waals surface area contributed by atoms with Crippen LogP contribution in [0.3, 0.4) is 0 Å². The van der Waals surface area contributed by atoms with Crippen LogP contribution in [0, 0.1) is 23.7 Å². The van der Waals surface area contributed by atoms with Crippen LogP contribution in [0.1, 0.15) is 25.0 Å². The molecule has 14 heavy (non-hydrogen) atoms. The second-order valence-corrected chi connectivity index (χ2v) is 3.03. The zero-order valence-corrected chi connectivity index (χ0v) is 8.72. The van der Waals surface area contributed by atoms with E-state index in [-0.39, 0.29) is 0 Å². The molecule has 0 atom stereocenters. The van der Waals surface area contributed by atoms with E-state index in [1.165, 1.54) is 11.1 Å². The quantitative estimate of drug-likeness (QED) is 0.617. The Bertz CT molecular complexity index is 368. The third-order valence-electron chi connectivity index (χ3n) is 1.93. The fourth-order valence-electron chi connectivity index (χ4n) is 1.23. The first-order valence-electron chi connectivity index (χ1n) is 4.74. The van der Waals surface area contributed by atoms with Gasteiger partial charge in [-0.2, -0.15) is 0 Å². The third kappa shape index (κ3) is 3.38. The summed E-state index contributed by atoms with van der Waals surface area (Å²) in [5.41, 5.74) is 2.55. The molecule has 0 unspecified atom stereocenters. The Morgan fingerprint density at radius 3 is 1.86 bits per heavy atom. The Morgan fingerprint density at radius 2 is 1.43 bits per heavy atom. The van der Waals surface area contributed by atoms with Gasteiger partial charge in [-0.05, 0) is 25.0 Å². The molecule has 1 aromatic rings. The number of hydrogen-bond acceptors (Lipinski definition) is 0. The molecule has 0 spiro atoms. The predicted molar refractivity (Wildman–Crippen MR) is 60.8 cm³/mol. The molecule has 0 nitrogen and oxygen atoms in total. The second-order valence-electron chi connectivity index (χ2n) is 3.03. The molecule has 0 aliphatic rings. The molecule has 0 radical (unpaired) electrons. The number of benzene rings is 1. The van der Waals surface area contributed by atoms with Crippen LogP contribution in [0.4, 0.5) is 0 Å². The molecule has 0 fully saturated rings. The molecular weight excluding hydrogens is 168 g/mol. The Kier molecular flexibility index (Phi) is 4.39. The monoisotopic (exact) mass is 182 g/mol. The van der Waals surface area contributed by atoms with Gasteiger partial charge in [-0.1, -0.05) is 36.1 Å². The van der Waals surface area contributed by atoms with Crippen molar-refractivity contribution in [3.63, 3.8) is 0 Å². The van der Waals surface area contributed by atoms with Crippen LogP contribution in [0.2, 0.25) is 0 Å². The number of hydrogen-bond donors (Lipinski definition) is 0. The highest BCUT2D eigenvalue weighted by atomic mass is 14.0. The van der Waals surface area contributed by atoms with E-state index in [2.05, 4.69) is 47.9 Å². The summed E-state index contributed by atoms with van der Waals surface area (Å²) in [6.07, 6.45) is 1.67. The highest BCUT2D eigenvalue weighted by Gasteiger charge is 1.92. The van der Waals surface area contributed by atoms with E-state index in [0.717, 1.165) is 12.8 Å². The largest absolute Gasteiger partial charge is 0.106 e. The molecule has 0 bridgehead atoms. The van der Waals surface area contributed by atoms with Crippen LogP contribution in [0.15, 0.2) is 24.3 Å². The average Bonchev–Trinajstić information content (AvgIpc) is 2.24. The van der Waals surface area contributed by atoms with E-state index in [9.17, 15) is 0 Å². The van der Waals surface area contributed by atoms with E-state index in [0.29, 0.717) is 0 Å². The highest BCUT2D eigenvalue weighted by molar-refractivity contribution is 5.29. The van der Waals surface area contributed by atoms with Crippen molar-refractivity contribution in [2.75, 3.05) is 0 Å². The van der Waals surface area contributed by atoms with Crippen LogP contribution >= 0.6 is 0 Å². The molecule has 0 aliphatic carbocycles. The molecule has 0 heteroatoms.